The molecule has 2 atom stereocenters. The second-order valence-electron chi connectivity index (χ2n) is 6.44. The lowest BCUT2D eigenvalue weighted by Gasteiger charge is -2.25. The first-order valence-electron chi connectivity index (χ1n) is 8.45. The molecule has 0 N–H and O–H groups in total. The van der Waals surface area contributed by atoms with Crippen molar-refractivity contribution in [3.05, 3.63) is 60.2 Å². The second kappa shape index (κ2) is 7.53. The Labute approximate surface area is 143 Å². The smallest absolute Gasteiger partial charge is 0.229 e. The van der Waals surface area contributed by atoms with Crippen LogP contribution in [0.4, 0.5) is 0 Å². The number of benzene rings is 1. The van der Waals surface area contributed by atoms with Crippen LogP contribution in [0.3, 0.4) is 0 Å². The van der Waals surface area contributed by atoms with Crippen molar-refractivity contribution in [1.29, 1.82) is 0 Å². The second-order valence-corrected chi connectivity index (χ2v) is 6.44. The third-order valence-corrected chi connectivity index (χ3v) is 4.78. The molecule has 0 aliphatic carbocycles. The van der Waals surface area contributed by atoms with Crippen LogP contribution >= 0.6 is 0 Å². The summed E-state index contributed by atoms with van der Waals surface area (Å²) < 4.78 is 0. The quantitative estimate of drug-likeness (QED) is 0.847. The van der Waals surface area contributed by atoms with Crippen LogP contribution in [-0.4, -0.2) is 51.9 Å². The van der Waals surface area contributed by atoms with Crippen molar-refractivity contribution in [3.8, 4) is 0 Å². The van der Waals surface area contributed by atoms with Crippen molar-refractivity contribution in [2.45, 2.75) is 31.8 Å². The molecular formula is C19H24N4O. The highest BCUT2D eigenvalue weighted by Gasteiger charge is 2.31. The minimum absolute atomic E-state index is 0.0901. The van der Waals surface area contributed by atoms with Gasteiger partial charge in [0.2, 0.25) is 5.91 Å². The van der Waals surface area contributed by atoms with Crippen LogP contribution in [-0.2, 0) is 11.3 Å². The van der Waals surface area contributed by atoms with E-state index in [0.29, 0.717) is 12.6 Å². The lowest BCUT2D eigenvalue weighted by Crippen LogP contribution is -2.37. The summed E-state index contributed by atoms with van der Waals surface area (Å²) in [6, 6.07) is 12.2. The number of carbonyl (C=O) groups is 1. The summed E-state index contributed by atoms with van der Waals surface area (Å²) in [4.78, 5) is 25.5. The molecule has 126 valence electrons. The van der Waals surface area contributed by atoms with E-state index in [-0.39, 0.29) is 11.8 Å². The van der Waals surface area contributed by atoms with Crippen molar-refractivity contribution in [2.24, 2.45) is 0 Å². The van der Waals surface area contributed by atoms with E-state index in [4.69, 9.17) is 0 Å². The van der Waals surface area contributed by atoms with E-state index < -0.39 is 0 Å². The van der Waals surface area contributed by atoms with Crippen LogP contribution in [0.2, 0.25) is 0 Å². The molecule has 0 bridgehead atoms. The number of hydrogen-bond acceptors (Lipinski definition) is 4. The van der Waals surface area contributed by atoms with Crippen molar-refractivity contribution >= 4 is 5.91 Å². The number of nitrogens with zero attached hydrogens (tertiary/aromatic N) is 4. The summed E-state index contributed by atoms with van der Waals surface area (Å²) in [5.74, 6) is 0.947. The molecule has 1 amide bonds. The normalized spacial score (nSPS) is 18.8. The maximum Gasteiger partial charge on any atom is 0.229 e. The fraction of sp³-hybridized carbons (Fsp3) is 0.421. The van der Waals surface area contributed by atoms with Crippen LogP contribution in [0.15, 0.2) is 48.8 Å². The number of hydrogen-bond donors (Lipinski definition) is 0. The Hall–Kier alpha value is -2.27. The molecule has 1 aliphatic heterocycles. The van der Waals surface area contributed by atoms with Gasteiger partial charge in [-0.3, -0.25) is 9.69 Å². The molecule has 1 fully saturated rings. The van der Waals surface area contributed by atoms with Gasteiger partial charge < -0.3 is 4.90 Å². The van der Waals surface area contributed by atoms with Crippen molar-refractivity contribution in [3.63, 3.8) is 0 Å². The Morgan fingerprint density at radius 2 is 1.96 bits per heavy atom. The van der Waals surface area contributed by atoms with E-state index in [1.807, 2.05) is 48.2 Å². The first-order valence-corrected chi connectivity index (χ1v) is 8.45. The predicted molar refractivity (Wildman–Crippen MR) is 93.3 cm³/mol. The zero-order valence-corrected chi connectivity index (χ0v) is 14.3. The molecule has 1 aromatic heterocycles. The maximum absolute atomic E-state index is 12.8. The number of aromatic nitrogens is 2. The zero-order chi connectivity index (χ0) is 16.9. The van der Waals surface area contributed by atoms with Gasteiger partial charge in [-0.05, 0) is 32.0 Å². The Kier molecular flexibility index (Phi) is 5.20. The predicted octanol–water partition coefficient (Wildman–Crippen LogP) is 2.31. The minimum Gasteiger partial charge on any atom is -0.341 e. The van der Waals surface area contributed by atoms with E-state index in [0.717, 1.165) is 30.9 Å². The number of carbonyl (C=O) groups excluding carboxylic acids is 1. The first-order chi connectivity index (χ1) is 11.6. The van der Waals surface area contributed by atoms with E-state index >= 15 is 0 Å². The molecule has 3 rings (SSSR count). The van der Waals surface area contributed by atoms with Gasteiger partial charge >= 0.3 is 0 Å². The summed E-state index contributed by atoms with van der Waals surface area (Å²) >= 11 is 0. The fourth-order valence-corrected chi connectivity index (χ4v) is 3.22. The summed E-state index contributed by atoms with van der Waals surface area (Å²) in [5.41, 5.74) is 1.08. The van der Waals surface area contributed by atoms with Gasteiger partial charge in [0, 0.05) is 31.5 Å². The molecule has 1 aromatic carbocycles. The maximum atomic E-state index is 12.8. The Morgan fingerprint density at radius 1 is 1.25 bits per heavy atom. The van der Waals surface area contributed by atoms with Gasteiger partial charge in [0.15, 0.2) is 0 Å². The summed E-state index contributed by atoms with van der Waals surface area (Å²) in [6.45, 7) is 4.30. The molecule has 0 unspecified atom stereocenters. The largest absolute Gasteiger partial charge is 0.341 e. The Bertz CT molecular complexity index is 662. The van der Waals surface area contributed by atoms with Gasteiger partial charge in [-0.1, -0.05) is 30.3 Å². The van der Waals surface area contributed by atoms with E-state index in [1.54, 1.807) is 12.4 Å². The van der Waals surface area contributed by atoms with Gasteiger partial charge in [0.1, 0.15) is 5.82 Å². The summed E-state index contributed by atoms with van der Waals surface area (Å²) in [6.07, 6.45) is 4.53. The van der Waals surface area contributed by atoms with Gasteiger partial charge in [-0.2, -0.15) is 0 Å². The lowest BCUT2D eigenvalue weighted by atomic mass is 10.00. The van der Waals surface area contributed by atoms with E-state index in [9.17, 15) is 4.79 Å². The molecule has 2 heterocycles. The molecule has 2 aromatic rings. The van der Waals surface area contributed by atoms with Crippen molar-refractivity contribution < 1.29 is 4.79 Å². The summed E-state index contributed by atoms with van der Waals surface area (Å²) in [5, 5.41) is 0. The topological polar surface area (TPSA) is 49.3 Å². The van der Waals surface area contributed by atoms with Gasteiger partial charge in [0.25, 0.3) is 0 Å². The monoisotopic (exact) mass is 324 g/mol. The van der Waals surface area contributed by atoms with Gasteiger partial charge in [0.05, 0.1) is 12.5 Å². The highest BCUT2D eigenvalue weighted by atomic mass is 16.2. The minimum atomic E-state index is -0.0901. The number of amides is 1. The van der Waals surface area contributed by atoms with Crippen LogP contribution in [0.1, 0.15) is 30.7 Å². The molecule has 0 spiro atoms. The molecule has 1 saturated heterocycles. The molecule has 1 aliphatic rings. The zero-order valence-electron chi connectivity index (χ0n) is 14.3. The Morgan fingerprint density at radius 3 is 2.67 bits per heavy atom. The SMILES string of the molecule is C[C@H](C(=O)N1CC[C@@H](N(C)Cc2ncccn2)C1)c1ccccc1. The van der Waals surface area contributed by atoms with Crippen LogP contribution in [0.25, 0.3) is 0 Å². The molecule has 0 saturated carbocycles. The van der Waals surface area contributed by atoms with Crippen molar-refractivity contribution in [2.75, 3.05) is 20.1 Å². The average Bonchev–Trinajstić information content (AvgIpc) is 3.12. The Balaban J connectivity index is 1.57. The molecule has 0 radical (unpaired) electrons. The van der Waals surface area contributed by atoms with Crippen molar-refractivity contribution in [1.82, 2.24) is 19.8 Å². The molecule has 5 nitrogen and oxygen atoms in total. The standard InChI is InChI=1S/C19H24N4O/c1-15(16-7-4-3-5-8-16)19(24)23-12-9-17(13-23)22(2)14-18-20-10-6-11-21-18/h3-8,10-11,15,17H,9,12-14H2,1-2H3/t15-,17+/m0/s1. The third kappa shape index (κ3) is 3.79. The van der Waals surface area contributed by atoms with E-state index in [1.165, 1.54) is 0 Å². The van der Waals surface area contributed by atoms with Crippen LogP contribution < -0.4 is 0 Å². The first kappa shape index (κ1) is 16.6. The van der Waals surface area contributed by atoms with Gasteiger partial charge in [-0.25, -0.2) is 9.97 Å². The van der Waals surface area contributed by atoms with Crippen LogP contribution in [0.5, 0.6) is 0 Å². The highest BCUT2D eigenvalue weighted by molar-refractivity contribution is 5.83. The van der Waals surface area contributed by atoms with E-state index in [2.05, 4.69) is 21.9 Å². The van der Waals surface area contributed by atoms with Gasteiger partial charge in [-0.15, -0.1) is 0 Å². The summed E-state index contributed by atoms with van der Waals surface area (Å²) in [7, 11) is 2.08. The van der Waals surface area contributed by atoms with Crippen LogP contribution in [0, 0.1) is 0 Å². The third-order valence-electron chi connectivity index (χ3n) is 4.78. The molecule has 24 heavy (non-hydrogen) atoms. The lowest BCUT2D eigenvalue weighted by molar-refractivity contribution is -0.131. The molecular weight excluding hydrogens is 300 g/mol. The average molecular weight is 324 g/mol. The fourth-order valence-electron chi connectivity index (χ4n) is 3.22. The number of likely N-dealkylation sites (N-methyl/N-ethyl adjacent to an activating group) is 1. The molecule has 5 heteroatoms. The number of likely N-dealkylation sites (tertiary alicyclic amines) is 1. The highest BCUT2D eigenvalue weighted by Crippen LogP contribution is 2.22. The number of rotatable bonds is 5.